The standard InChI is InChI=1S/C6H8O6.B.K.Na/c7-1-2(8)5-3(9)4(10)6(11)12-5;;;/h2,5,7-10H,1H2;;;/q;-1;2*+1/p-1/t2-,5+;;;/m0.../s1. The van der Waals surface area contributed by atoms with Gasteiger partial charge in [0.25, 0.3) is 0 Å². The van der Waals surface area contributed by atoms with Crippen molar-refractivity contribution in [2.75, 3.05) is 6.61 Å². The van der Waals surface area contributed by atoms with E-state index in [0.717, 1.165) is 0 Å². The maximum Gasteiger partial charge on any atom is 1.00 e. The Hall–Kier alpha value is 1.43. The van der Waals surface area contributed by atoms with Gasteiger partial charge in [0.15, 0.2) is 6.10 Å². The van der Waals surface area contributed by atoms with E-state index in [9.17, 15) is 9.90 Å². The Kier molecular flexibility index (Phi) is 13.7. The number of hydrogen-bond acceptors (Lipinski definition) is 6. The molecule has 3 N–H and O–H groups in total. The van der Waals surface area contributed by atoms with Crippen LogP contribution in [0.3, 0.4) is 0 Å². The van der Waals surface area contributed by atoms with E-state index in [0.29, 0.717) is 0 Å². The van der Waals surface area contributed by atoms with Crippen molar-refractivity contribution < 1.29 is 111 Å². The van der Waals surface area contributed by atoms with Gasteiger partial charge in [0, 0.05) is 5.76 Å². The van der Waals surface area contributed by atoms with Gasteiger partial charge in [-0.25, -0.2) is 4.79 Å². The summed E-state index contributed by atoms with van der Waals surface area (Å²) in [7, 11) is 0. The van der Waals surface area contributed by atoms with Crippen LogP contribution in [0.1, 0.15) is 0 Å². The number of carbonyl (C=O) groups is 1. The van der Waals surface area contributed by atoms with E-state index in [2.05, 4.69) is 4.74 Å². The number of esters is 1. The molecule has 1 rings (SSSR count). The third-order valence-electron chi connectivity index (χ3n) is 1.46. The molecule has 1 aliphatic heterocycles. The van der Waals surface area contributed by atoms with E-state index >= 15 is 0 Å². The van der Waals surface area contributed by atoms with E-state index in [1.165, 1.54) is 0 Å². The predicted molar refractivity (Wildman–Crippen MR) is 38.4 cm³/mol. The van der Waals surface area contributed by atoms with Crippen molar-refractivity contribution in [3.63, 3.8) is 0 Å². The Balaban J connectivity index is -0.000000480. The van der Waals surface area contributed by atoms with Crippen LogP contribution in [0.4, 0.5) is 0 Å². The molecule has 0 saturated heterocycles. The molecular formula is C6H7BKNaO6. The number of hydrogen-bond donors (Lipinski definition) is 3. The SMILES string of the molecule is O=C1O[C@H]([C@@H](O)CO)C(O)=C1[O-].[B-].[K+].[Na+]. The van der Waals surface area contributed by atoms with Crippen LogP contribution in [0.15, 0.2) is 11.5 Å². The second kappa shape index (κ2) is 9.46. The molecule has 0 aliphatic carbocycles. The van der Waals surface area contributed by atoms with Crippen LogP contribution in [0.5, 0.6) is 0 Å². The van der Waals surface area contributed by atoms with Crippen LogP contribution in [0.25, 0.3) is 0 Å². The molecule has 0 fully saturated rings. The topological polar surface area (TPSA) is 110 Å². The second-order valence-electron chi connectivity index (χ2n) is 2.29. The minimum atomic E-state index is -1.46. The summed E-state index contributed by atoms with van der Waals surface area (Å²) in [4.78, 5) is 10.5. The summed E-state index contributed by atoms with van der Waals surface area (Å²) < 4.78 is 4.25. The molecule has 0 unspecified atom stereocenters. The summed E-state index contributed by atoms with van der Waals surface area (Å²) in [6.07, 6.45) is -2.88. The normalized spacial score (nSPS) is 20.7. The van der Waals surface area contributed by atoms with Crippen LogP contribution in [0.2, 0.25) is 0 Å². The Bertz CT molecular complexity index is 248. The van der Waals surface area contributed by atoms with Gasteiger partial charge in [0.05, 0.1) is 6.61 Å². The largest absolute Gasteiger partial charge is 1.00 e. The molecule has 15 heavy (non-hydrogen) atoms. The van der Waals surface area contributed by atoms with Crippen molar-refractivity contribution in [1.82, 2.24) is 0 Å². The number of aliphatic hydroxyl groups is 3. The molecule has 1 aliphatic rings. The van der Waals surface area contributed by atoms with Crippen molar-refractivity contribution in [2.24, 2.45) is 0 Å². The van der Waals surface area contributed by atoms with E-state index < -0.39 is 36.3 Å². The molecular weight excluding hydrogens is 241 g/mol. The number of ether oxygens (including phenoxy) is 1. The first-order valence-electron chi connectivity index (χ1n) is 3.18. The first-order chi connectivity index (χ1) is 5.57. The molecule has 0 saturated carbocycles. The molecule has 0 amide bonds. The summed E-state index contributed by atoms with van der Waals surface area (Å²) in [5.74, 6) is -3.25. The van der Waals surface area contributed by atoms with Crippen molar-refractivity contribution in [3.05, 3.63) is 11.5 Å². The fourth-order valence-electron chi connectivity index (χ4n) is 0.815. The molecule has 0 aromatic heterocycles. The number of rotatable bonds is 2. The van der Waals surface area contributed by atoms with Gasteiger partial charge in [-0.3, -0.25) is 0 Å². The van der Waals surface area contributed by atoms with Gasteiger partial charge in [-0.1, -0.05) is 0 Å². The first-order valence-corrected chi connectivity index (χ1v) is 3.18. The van der Waals surface area contributed by atoms with E-state index in [4.69, 9.17) is 15.3 Å². The predicted octanol–water partition coefficient (Wildman–Crippen LogP) is -8.98. The summed E-state index contributed by atoms with van der Waals surface area (Å²) in [5, 5.41) is 36.8. The number of aliphatic hydroxyl groups excluding tert-OH is 3. The smallest absolute Gasteiger partial charge is 1.00 e. The third kappa shape index (κ3) is 5.07. The van der Waals surface area contributed by atoms with Crippen LogP contribution >= 0.6 is 0 Å². The van der Waals surface area contributed by atoms with Gasteiger partial charge < -0.3 is 33.6 Å². The Morgan fingerprint density at radius 1 is 1.53 bits per heavy atom. The van der Waals surface area contributed by atoms with E-state index in [1.54, 1.807) is 0 Å². The Morgan fingerprint density at radius 3 is 2.27 bits per heavy atom. The van der Waals surface area contributed by atoms with Crippen molar-refractivity contribution >= 4 is 14.4 Å². The Labute approximate surface area is 153 Å². The molecule has 0 spiro atoms. The fourth-order valence-corrected chi connectivity index (χ4v) is 0.815. The molecule has 0 aromatic rings. The van der Waals surface area contributed by atoms with Crippen molar-refractivity contribution in [2.45, 2.75) is 12.2 Å². The molecule has 1 heterocycles. The van der Waals surface area contributed by atoms with Gasteiger partial charge >= 0.3 is 86.9 Å². The van der Waals surface area contributed by atoms with Gasteiger partial charge in [-0.2, -0.15) is 0 Å². The van der Waals surface area contributed by atoms with Crippen LogP contribution in [-0.2, 0) is 9.53 Å². The number of carbonyl (C=O) groups excluding carboxylic acids is 1. The molecule has 6 nitrogen and oxygen atoms in total. The molecule has 2 atom stereocenters. The zero-order chi connectivity index (χ0) is 9.30. The van der Waals surface area contributed by atoms with Gasteiger partial charge in [0.2, 0.25) is 0 Å². The summed E-state index contributed by atoms with van der Waals surface area (Å²) >= 11 is 0. The summed E-state index contributed by atoms with van der Waals surface area (Å²) in [5.41, 5.74) is 0. The van der Waals surface area contributed by atoms with Crippen LogP contribution in [-0.4, -0.2) is 48.5 Å². The average molecular weight is 248 g/mol. The fraction of sp³-hybridized carbons (Fsp3) is 0.500. The van der Waals surface area contributed by atoms with E-state index in [1.807, 2.05) is 0 Å². The first kappa shape index (κ1) is 21.7. The average Bonchev–Trinajstić information content (AvgIpc) is 2.32. The van der Waals surface area contributed by atoms with Crippen molar-refractivity contribution in [1.29, 1.82) is 0 Å². The summed E-state index contributed by atoms with van der Waals surface area (Å²) in [6.45, 7) is -0.699. The van der Waals surface area contributed by atoms with Gasteiger partial charge in [-0.15, -0.1) is 0 Å². The number of cyclic esters (lactones) is 1. The zero-order valence-electron chi connectivity index (χ0n) is 8.51. The zero-order valence-corrected chi connectivity index (χ0v) is 13.6. The molecule has 72 valence electrons. The van der Waals surface area contributed by atoms with Gasteiger partial charge in [0.1, 0.15) is 11.9 Å². The quantitative estimate of drug-likeness (QED) is 0.330. The molecule has 0 aromatic carbocycles. The minimum absolute atomic E-state index is 0. The molecule has 9 heteroatoms. The minimum Gasteiger partial charge on any atom is -1.00 e. The monoisotopic (exact) mass is 248 g/mol. The van der Waals surface area contributed by atoms with Crippen LogP contribution < -0.4 is 86.0 Å². The molecule has 0 bridgehead atoms. The second-order valence-corrected chi connectivity index (χ2v) is 2.29. The maximum absolute atomic E-state index is 10.6. The van der Waals surface area contributed by atoms with Crippen LogP contribution in [0, 0.1) is 0 Å². The third-order valence-corrected chi connectivity index (χ3v) is 1.46. The van der Waals surface area contributed by atoms with Gasteiger partial charge in [-0.05, 0) is 0 Å². The van der Waals surface area contributed by atoms with E-state index in [-0.39, 0.29) is 89.4 Å². The maximum atomic E-state index is 10.6. The van der Waals surface area contributed by atoms with Crippen molar-refractivity contribution in [3.8, 4) is 0 Å². The molecule has 4 radical (unpaired) electrons. The Morgan fingerprint density at radius 2 is 2.00 bits per heavy atom. The summed E-state index contributed by atoms with van der Waals surface area (Å²) in [6, 6.07) is 0.